The lowest BCUT2D eigenvalue weighted by Crippen LogP contribution is -2.46. The summed E-state index contributed by atoms with van der Waals surface area (Å²) in [5.41, 5.74) is 0.0429. The smallest absolute Gasteiger partial charge is 0.372 e. The maximum atomic E-state index is 10.9. The molecule has 0 atom stereocenters. The molecule has 2 heterocycles. The van der Waals surface area contributed by atoms with Crippen molar-refractivity contribution in [3.05, 3.63) is 0 Å². The molecule has 7 heteroatoms. The van der Waals surface area contributed by atoms with Crippen molar-refractivity contribution in [1.29, 1.82) is 0 Å². The Kier molecular flexibility index (Phi) is 4.62. The molecular formula is C13H20NO6-. The van der Waals surface area contributed by atoms with Crippen molar-refractivity contribution in [2.24, 2.45) is 11.3 Å². The van der Waals surface area contributed by atoms with Crippen molar-refractivity contribution in [2.75, 3.05) is 26.3 Å². The summed E-state index contributed by atoms with van der Waals surface area (Å²) in [6.07, 6.45) is 1.23. The summed E-state index contributed by atoms with van der Waals surface area (Å²) in [6, 6.07) is 0. The Labute approximate surface area is 117 Å². The maximum Gasteiger partial charge on any atom is 0.372 e. The summed E-state index contributed by atoms with van der Waals surface area (Å²) in [6.45, 7) is 6.44. The van der Waals surface area contributed by atoms with Crippen LogP contribution in [0.25, 0.3) is 0 Å². The van der Waals surface area contributed by atoms with E-state index >= 15 is 0 Å². The third-order valence-electron chi connectivity index (χ3n) is 3.54. The van der Waals surface area contributed by atoms with E-state index < -0.39 is 11.9 Å². The molecule has 0 aromatic carbocycles. The van der Waals surface area contributed by atoms with Gasteiger partial charge in [0, 0.05) is 24.4 Å². The van der Waals surface area contributed by atoms with E-state index in [0.717, 1.165) is 12.8 Å². The molecule has 0 unspecified atom stereocenters. The first-order chi connectivity index (χ1) is 9.37. The molecule has 0 radical (unpaired) electrons. The number of hydrogen-bond donors (Lipinski definition) is 0. The first-order valence-electron chi connectivity index (χ1n) is 6.79. The first-order valence-corrected chi connectivity index (χ1v) is 6.79. The van der Waals surface area contributed by atoms with Crippen molar-refractivity contribution in [1.82, 2.24) is 5.06 Å². The fourth-order valence-corrected chi connectivity index (χ4v) is 2.37. The zero-order chi connectivity index (χ0) is 14.8. The lowest BCUT2D eigenvalue weighted by atomic mass is 9.92. The second-order valence-corrected chi connectivity index (χ2v) is 6.09. The molecule has 2 aliphatic rings. The minimum atomic E-state index is -1.83. The standard InChI is InChI=1S/C13H21NO6/c1-13(2)7-18-12(19-8-13)9-3-5-14(6-4-9)20-11(17)10(15)16/h9,12H,3-8H2,1-2H3,(H,15,16)/p-1. The number of ether oxygens (including phenoxy) is 2. The number of carboxylic acids is 1. The van der Waals surface area contributed by atoms with Crippen molar-refractivity contribution in [3.8, 4) is 0 Å². The van der Waals surface area contributed by atoms with Crippen molar-refractivity contribution >= 4 is 11.9 Å². The molecule has 0 N–H and O–H groups in total. The largest absolute Gasteiger partial charge is 0.539 e. The Hall–Kier alpha value is -1.18. The maximum absolute atomic E-state index is 10.9. The summed E-state index contributed by atoms with van der Waals surface area (Å²) in [4.78, 5) is 25.9. The lowest BCUT2D eigenvalue weighted by Gasteiger charge is -2.40. The zero-order valence-electron chi connectivity index (χ0n) is 11.8. The molecule has 2 fully saturated rings. The Morgan fingerprint density at radius 2 is 1.75 bits per heavy atom. The fraction of sp³-hybridized carbons (Fsp3) is 0.846. The number of piperidine rings is 1. The van der Waals surface area contributed by atoms with Crippen LogP contribution in [0.5, 0.6) is 0 Å². The highest BCUT2D eigenvalue weighted by Crippen LogP contribution is 2.30. The molecule has 0 amide bonds. The van der Waals surface area contributed by atoms with Crippen LogP contribution < -0.4 is 5.11 Å². The fourth-order valence-electron chi connectivity index (χ4n) is 2.37. The van der Waals surface area contributed by atoms with Crippen LogP contribution in [0.15, 0.2) is 0 Å². The molecule has 0 aliphatic carbocycles. The van der Waals surface area contributed by atoms with Crippen LogP contribution in [0, 0.1) is 11.3 Å². The van der Waals surface area contributed by atoms with Crippen molar-refractivity contribution in [3.63, 3.8) is 0 Å². The zero-order valence-corrected chi connectivity index (χ0v) is 11.8. The molecule has 7 nitrogen and oxygen atoms in total. The topological polar surface area (TPSA) is 88.1 Å². The number of rotatable bonds is 2. The SMILES string of the molecule is CC1(C)COC(C2CCN(OC(=O)C(=O)[O-])CC2)OC1. The normalized spacial score (nSPS) is 25.3. The van der Waals surface area contributed by atoms with Gasteiger partial charge in [-0.25, -0.2) is 4.79 Å². The third kappa shape index (κ3) is 3.91. The van der Waals surface area contributed by atoms with Crippen LogP contribution in [0.2, 0.25) is 0 Å². The number of hydrogen-bond acceptors (Lipinski definition) is 7. The Morgan fingerprint density at radius 3 is 2.25 bits per heavy atom. The number of carbonyl (C=O) groups is 2. The van der Waals surface area contributed by atoms with Gasteiger partial charge in [0.1, 0.15) is 0 Å². The second kappa shape index (κ2) is 6.07. The van der Waals surface area contributed by atoms with Gasteiger partial charge >= 0.3 is 5.97 Å². The van der Waals surface area contributed by atoms with Gasteiger partial charge in [0.25, 0.3) is 0 Å². The number of aliphatic carboxylic acids is 1. The van der Waals surface area contributed by atoms with E-state index in [0.29, 0.717) is 26.3 Å². The van der Waals surface area contributed by atoms with Gasteiger partial charge in [0.15, 0.2) is 12.3 Å². The molecule has 2 aliphatic heterocycles. The molecular weight excluding hydrogens is 266 g/mol. The highest BCUT2D eigenvalue weighted by atomic mass is 16.7. The molecule has 0 bridgehead atoms. The summed E-state index contributed by atoms with van der Waals surface area (Å²) in [5.74, 6) is -2.94. The molecule has 2 saturated heterocycles. The summed E-state index contributed by atoms with van der Waals surface area (Å²) >= 11 is 0. The Balaban J connectivity index is 1.74. The minimum Gasteiger partial charge on any atom is -0.539 e. The number of hydroxylamine groups is 2. The summed E-state index contributed by atoms with van der Waals surface area (Å²) in [5, 5.41) is 11.6. The van der Waals surface area contributed by atoms with Gasteiger partial charge in [0.05, 0.1) is 13.2 Å². The minimum absolute atomic E-state index is 0.0429. The molecule has 0 aromatic rings. The van der Waals surface area contributed by atoms with E-state index in [-0.39, 0.29) is 17.6 Å². The summed E-state index contributed by atoms with van der Waals surface area (Å²) in [7, 11) is 0. The molecule has 0 aromatic heterocycles. The van der Waals surface area contributed by atoms with E-state index in [1.54, 1.807) is 0 Å². The number of carbonyl (C=O) groups excluding carboxylic acids is 2. The molecule has 0 saturated carbocycles. The lowest BCUT2D eigenvalue weighted by molar-refractivity contribution is -0.309. The van der Waals surface area contributed by atoms with Crippen LogP contribution in [0.4, 0.5) is 0 Å². The Morgan fingerprint density at radius 1 is 1.20 bits per heavy atom. The average Bonchev–Trinajstić information content (AvgIpc) is 2.39. The second-order valence-electron chi connectivity index (χ2n) is 6.09. The van der Waals surface area contributed by atoms with Gasteiger partial charge in [-0.15, -0.1) is 5.06 Å². The van der Waals surface area contributed by atoms with Gasteiger partial charge in [-0.2, -0.15) is 0 Å². The summed E-state index contributed by atoms with van der Waals surface area (Å²) < 4.78 is 11.5. The average molecular weight is 286 g/mol. The van der Waals surface area contributed by atoms with Crippen molar-refractivity contribution < 1.29 is 29.0 Å². The van der Waals surface area contributed by atoms with Crippen molar-refractivity contribution in [2.45, 2.75) is 33.0 Å². The third-order valence-corrected chi connectivity index (χ3v) is 3.54. The van der Waals surface area contributed by atoms with Crippen LogP contribution >= 0.6 is 0 Å². The predicted molar refractivity (Wildman–Crippen MR) is 64.9 cm³/mol. The number of carboxylic acid groups (broad SMARTS) is 1. The highest BCUT2D eigenvalue weighted by molar-refractivity contribution is 6.27. The van der Waals surface area contributed by atoms with Crippen LogP contribution in [-0.4, -0.2) is 49.6 Å². The van der Waals surface area contributed by atoms with Crippen LogP contribution in [0.1, 0.15) is 26.7 Å². The van der Waals surface area contributed by atoms with Crippen LogP contribution in [0.3, 0.4) is 0 Å². The van der Waals surface area contributed by atoms with E-state index in [1.165, 1.54) is 5.06 Å². The van der Waals surface area contributed by atoms with Gasteiger partial charge in [0.2, 0.25) is 0 Å². The molecule has 0 spiro atoms. The van der Waals surface area contributed by atoms with Gasteiger partial charge in [-0.3, -0.25) is 0 Å². The molecule has 2 rings (SSSR count). The van der Waals surface area contributed by atoms with E-state index in [9.17, 15) is 14.7 Å². The van der Waals surface area contributed by atoms with Crippen LogP contribution in [-0.2, 0) is 23.9 Å². The molecule has 114 valence electrons. The van der Waals surface area contributed by atoms with E-state index in [2.05, 4.69) is 18.7 Å². The predicted octanol–water partition coefficient (Wildman–Crippen LogP) is -0.694. The first kappa shape index (κ1) is 15.2. The van der Waals surface area contributed by atoms with Gasteiger partial charge < -0.3 is 24.2 Å². The Bertz CT molecular complexity index is 365. The quantitative estimate of drug-likeness (QED) is 0.620. The number of nitrogens with zero attached hydrogens (tertiary/aromatic N) is 1. The van der Waals surface area contributed by atoms with E-state index in [1.807, 2.05) is 0 Å². The molecule has 20 heavy (non-hydrogen) atoms. The van der Waals surface area contributed by atoms with E-state index in [4.69, 9.17) is 9.47 Å². The highest BCUT2D eigenvalue weighted by Gasteiger charge is 2.35. The van der Waals surface area contributed by atoms with Gasteiger partial charge in [-0.1, -0.05) is 13.8 Å². The van der Waals surface area contributed by atoms with Gasteiger partial charge in [-0.05, 0) is 12.8 Å². The monoisotopic (exact) mass is 286 g/mol.